The summed E-state index contributed by atoms with van der Waals surface area (Å²) in [4.78, 5) is 19.0. The van der Waals surface area contributed by atoms with Crippen LogP contribution in [0.25, 0.3) is 0 Å². The van der Waals surface area contributed by atoms with Crippen molar-refractivity contribution in [2.45, 2.75) is 37.8 Å². The molecule has 1 saturated heterocycles. The van der Waals surface area contributed by atoms with Crippen molar-refractivity contribution in [3.05, 3.63) is 65.5 Å². The van der Waals surface area contributed by atoms with Gasteiger partial charge in [-0.2, -0.15) is 0 Å². The van der Waals surface area contributed by atoms with Crippen molar-refractivity contribution in [2.24, 2.45) is 5.92 Å². The fourth-order valence-corrected chi connectivity index (χ4v) is 4.29. The molecule has 2 aliphatic rings. The van der Waals surface area contributed by atoms with E-state index in [9.17, 15) is 9.90 Å². The van der Waals surface area contributed by atoms with E-state index in [0.717, 1.165) is 38.8 Å². The zero-order valence-electron chi connectivity index (χ0n) is 14.3. The summed E-state index contributed by atoms with van der Waals surface area (Å²) >= 11 is 0. The van der Waals surface area contributed by atoms with Crippen molar-refractivity contribution in [2.75, 3.05) is 13.1 Å². The lowest BCUT2D eigenvalue weighted by atomic mass is 9.83. The Kier molecular flexibility index (Phi) is 4.64. The molecule has 1 aliphatic carbocycles. The molecular weight excluding hydrogens is 312 g/mol. The first-order valence-corrected chi connectivity index (χ1v) is 9.15. The van der Waals surface area contributed by atoms with E-state index in [-0.39, 0.29) is 23.8 Å². The number of nitrogens with zero attached hydrogens (tertiary/aromatic N) is 2. The third-order valence-corrected chi connectivity index (χ3v) is 5.74. The summed E-state index contributed by atoms with van der Waals surface area (Å²) in [5.41, 5.74) is 3.34. The first-order chi connectivity index (χ1) is 12.2. The number of hydrogen-bond donors (Lipinski definition) is 1. The lowest BCUT2D eigenvalue weighted by Crippen LogP contribution is -2.51. The second-order valence-corrected chi connectivity index (χ2v) is 7.23. The maximum atomic E-state index is 12.6. The molecule has 1 aliphatic heterocycles. The molecule has 0 amide bonds. The van der Waals surface area contributed by atoms with Crippen LogP contribution in [0.5, 0.6) is 0 Å². The van der Waals surface area contributed by atoms with Gasteiger partial charge in [0.1, 0.15) is 0 Å². The SMILES string of the molecule is O=C(c1cccnc1)C1CCN([C@@H]2Cc3ccccc3C[C@H]2O)CC1. The van der Waals surface area contributed by atoms with Gasteiger partial charge in [-0.05, 0) is 55.6 Å². The molecule has 2 aromatic rings. The number of carbonyl (C=O) groups is 1. The van der Waals surface area contributed by atoms with Gasteiger partial charge in [0, 0.05) is 36.3 Å². The van der Waals surface area contributed by atoms with Crippen LogP contribution in [0.4, 0.5) is 0 Å². The highest BCUT2D eigenvalue weighted by molar-refractivity contribution is 5.97. The van der Waals surface area contributed by atoms with Gasteiger partial charge < -0.3 is 5.11 Å². The molecule has 0 spiro atoms. The summed E-state index contributed by atoms with van der Waals surface area (Å²) in [5, 5.41) is 10.6. The molecule has 4 rings (SSSR count). The van der Waals surface area contributed by atoms with Crippen LogP contribution in [-0.2, 0) is 12.8 Å². The summed E-state index contributed by atoms with van der Waals surface area (Å²) < 4.78 is 0. The van der Waals surface area contributed by atoms with Crippen LogP contribution < -0.4 is 0 Å². The molecule has 0 saturated carbocycles. The zero-order valence-corrected chi connectivity index (χ0v) is 14.3. The van der Waals surface area contributed by atoms with E-state index in [0.29, 0.717) is 5.56 Å². The van der Waals surface area contributed by atoms with E-state index in [1.165, 1.54) is 11.1 Å². The minimum Gasteiger partial charge on any atom is -0.391 e. The number of rotatable bonds is 3. The zero-order chi connectivity index (χ0) is 17.2. The minimum atomic E-state index is -0.319. The number of aliphatic hydroxyl groups is 1. The molecule has 2 atom stereocenters. The number of ketones is 1. The van der Waals surface area contributed by atoms with Crippen LogP contribution in [0, 0.1) is 5.92 Å². The van der Waals surface area contributed by atoms with Crippen LogP contribution in [0.1, 0.15) is 34.3 Å². The Morgan fingerprint density at radius 2 is 1.76 bits per heavy atom. The average molecular weight is 336 g/mol. The summed E-state index contributed by atoms with van der Waals surface area (Å²) in [5.74, 6) is 0.288. The fourth-order valence-electron chi connectivity index (χ4n) is 4.29. The minimum absolute atomic E-state index is 0.0773. The summed E-state index contributed by atoms with van der Waals surface area (Å²) in [6, 6.07) is 12.3. The van der Waals surface area contributed by atoms with E-state index in [4.69, 9.17) is 0 Å². The van der Waals surface area contributed by atoms with Crippen LogP contribution in [0.15, 0.2) is 48.8 Å². The number of benzene rings is 1. The quantitative estimate of drug-likeness (QED) is 0.875. The van der Waals surface area contributed by atoms with Gasteiger partial charge in [-0.15, -0.1) is 0 Å². The third kappa shape index (κ3) is 3.37. The number of aliphatic hydroxyl groups excluding tert-OH is 1. The van der Waals surface area contributed by atoms with E-state index in [2.05, 4.69) is 28.1 Å². The Morgan fingerprint density at radius 3 is 2.44 bits per heavy atom. The molecule has 25 heavy (non-hydrogen) atoms. The van der Waals surface area contributed by atoms with Gasteiger partial charge in [0.2, 0.25) is 0 Å². The number of fused-ring (bicyclic) bond motifs is 1. The van der Waals surface area contributed by atoms with E-state index in [1.54, 1.807) is 12.4 Å². The maximum Gasteiger partial charge on any atom is 0.167 e. The van der Waals surface area contributed by atoms with Crippen molar-refractivity contribution < 1.29 is 9.90 Å². The van der Waals surface area contributed by atoms with Gasteiger partial charge in [0.25, 0.3) is 0 Å². The van der Waals surface area contributed by atoms with Crippen molar-refractivity contribution in [1.29, 1.82) is 0 Å². The van der Waals surface area contributed by atoms with Crippen LogP contribution >= 0.6 is 0 Å². The Hall–Kier alpha value is -2.04. The van der Waals surface area contributed by atoms with Gasteiger partial charge in [-0.3, -0.25) is 14.7 Å². The molecule has 4 heteroatoms. The second-order valence-electron chi connectivity index (χ2n) is 7.23. The lowest BCUT2D eigenvalue weighted by molar-refractivity contribution is 0.0239. The van der Waals surface area contributed by atoms with Crippen molar-refractivity contribution in [1.82, 2.24) is 9.88 Å². The summed E-state index contributed by atoms with van der Waals surface area (Å²) in [7, 11) is 0. The highest BCUT2D eigenvalue weighted by atomic mass is 16.3. The van der Waals surface area contributed by atoms with Crippen LogP contribution in [0.3, 0.4) is 0 Å². The number of Topliss-reactive ketones (excluding diaryl/α,β-unsaturated/α-hetero) is 1. The molecule has 130 valence electrons. The van der Waals surface area contributed by atoms with E-state index < -0.39 is 0 Å². The highest BCUT2D eigenvalue weighted by Crippen LogP contribution is 2.29. The smallest absolute Gasteiger partial charge is 0.167 e. The largest absolute Gasteiger partial charge is 0.391 e. The molecule has 0 radical (unpaired) electrons. The number of pyridine rings is 1. The number of carbonyl (C=O) groups excluding carboxylic acids is 1. The number of hydrogen-bond acceptors (Lipinski definition) is 4. The molecule has 1 fully saturated rings. The van der Waals surface area contributed by atoms with Crippen molar-refractivity contribution >= 4 is 5.78 Å². The average Bonchev–Trinajstić information content (AvgIpc) is 2.68. The summed E-state index contributed by atoms with van der Waals surface area (Å²) in [6.07, 6.45) is 6.39. The first-order valence-electron chi connectivity index (χ1n) is 9.15. The number of likely N-dealkylation sites (tertiary alicyclic amines) is 1. The van der Waals surface area contributed by atoms with E-state index in [1.807, 2.05) is 18.2 Å². The Labute approximate surface area is 148 Å². The Morgan fingerprint density at radius 1 is 1.04 bits per heavy atom. The predicted molar refractivity (Wildman–Crippen MR) is 96.5 cm³/mol. The van der Waals surface area contributed by atoms with Gasteiger partial charge in [0.15, 0.2) is 5.78 Å². The second kappa shape index (κ2) is 7.06. The maximum absolute atomic E-state index is 12.6. The lowest BCUT2D eigenvalue weighted by Gasteiger charge is -2.41. The molecule has 2 heterocycles. The molecule has 1 aromatic heterocycles. The van der Waals surface area contributed by atoms with Crippen LogP contribution in [-0.4, -0.2) is 46.0 Å². The van der Waals surface area contributed by atoms with Crippen molar-refractivity contribution in [3.63, 3.8) is 0 Å². The van der Waals surface area contributed by atoms with Crippen molar-refractivity contribution in [3.8, 4) is 0 Å². The van der Waals surface area contributed by atoms with Gasteiger partial charge in [0.05, 0.1) is 6.10 Å². The Bertz CT molecular complexity index is 739. The van der Waals surface area contributed by atoms with Gasteiger partial charge >= 0.3 is 0 Å². The fraction of sp³-hybridized carbons (Fsp3) is 0.429. The predicted octanol–water partition coefficient (Wildman–Crippen LogP) is 2.50. The third-order valence-electron chi connectivity index (χ3n) is 5.74. The van der Waals surface area contributed by atoms with Gasteiger partial charge in [-0.25, -0.2) is 0 Å². The highest BCUT2D eigenvalue weighted by Gasteiger charge is 2.35. The van der Waals surface area contributed by atoms with Gasteiger partial charge in [-0.1, -0.05) is 24.3 Å². The molecular formula is C21H24N2O2. The monoisotopic (exact) mass is 336 g/mol. The topological polar surface area (TPSA) is 53.4 Å². The number of aromatic nitrogens is 1. The molecule has 1 N–H and O–H groups in total. The normalized spacial score (nSPS) is 24.7. The van der Waals surface area contributed by atoms with E-state index >= 15 is 0 Å². The molecule has 0 bridgehead atoms. The molecule has 0 unspecified atom stereocenters. The summed E-state index contributed by atoms with van der Waals surface area (Å²) in [6.45, 7) is 1.75. The first kappa shape index (κ1) is 16.4. The molecule has 4 nitrogen and oxygen atoms in total. The van der Waals surface area contributed by atoms with Crippen LogP contribution in [0.2, 0.25) is 0 Å². The Balaban J connectivity index is 1.40. The standard InChI is InChI=1S/C21H24N2O2/c24-20-13-17-5-2-1-4-16(17)12-19(20)23-10-7-15(8-11-23)21(25)18-6-3-9-22-14-18/h1-6,9,14-15,19-20,24H,7-8,10-13H2/t19-,20-/m1/s1. The molecule has 1 aromatic carbocycles. The number of piperidine rings is 1.